The van der Waals surface area contributed by atoms with Crippen molar-refractivity contribution in [1.82, 2.24) is 0 Å². The number of allylic oxidation sites excluding steroid dienone is 1. The smallest absolute Gasteiger partial charge is 0.340 e. The van der Waals surface area contributed by atoms with Gasteiger partial charge in [0, 0.05) is 0 Å². The van der Waals surface area contributed by atoms with Gasteiger partial charge in [-0.25, -0.2) is 4.79 Å². The highest BCUT2D eigenvalue weighted by atomic mass is 16.4. The summed E-state index contributed by atoms with van der Waals surface area (Å²) in [5.74, 6) is -1.31. The molecule has 0 heterocycles. The Bertz CT molecular complexity index is 632. The highest BCUT2D eigenvalue weighted by Crippen LogP contribution is 2.26. The molecule has 0 aliphatic heterocycles. The van der Waals surface area contributed by atoms with Crippen molar-refractivity contribution >= 4 is 16.7 Å². The van der Waals surface area contributed by atoms with E-state index < -0.39 is 5.97 Å². The van der Waals surface area contributed by atoms with Crippen molar-refractivity contribution in [1.29, 1.82) is 0 Å². The minimum atomic E-state index is -1.11. The fourth-order valence-electron chi connectivity index (χ4n) is 2.38. The molecule has 0 aliphatic carbocycles. The van der Waals surface area contributed by atoms with E-state index in [0.29, 0.717) is 5.39 Å². The second kappa shape index (κ2) is 10.4. The molecule has 0 spiro atoms. The van der Waals surface area contributed by atoms with Crippen molar-refractivity contribution in [3.63, 3.8) is 0 Å². The van der Waals surface area contributed by atoms with E-state index in [9.17, 15) is 9.90 Å². The number of phenols is 1. The first-order chi connectivity index (χ1) is 11.1. The van der Waals surface area contributed by atoms with Crippen LogP contribution in [0.25, 0.3) is 10.8 Å². The molecule has 2 aromatic carbocycles. The van der Waals surface area contributed by atoms with Crippen molar-refractivity contribution in [2.45, 2.75) is 45.4 Å². The average molecular weight is 314 g/mol. The van der Waals surface area contributed by atoms with Gasteiger partial charge in [0.25, 0.3) is 0 Å². The summed E-state index contributed by atoms with van der Waals surface area (Å²) in [6.07, 6.45) is 10.1. The molecule has 0 atom stereocenters. The molecule has 0 unspecified atom stereocenters. The molecule has 0 saturated heterocycles. The number of carboxylic acids is 1. The van der Waals surface area contributed by atoms with E-state index in [2.05, 4.69) is 13.5 Å². The van der Waals surface area contributed by atoms with Crippen LogP contribution in [-0.4, -0.2) is 16.2 Å². The van der Waals surface area contributed by atoms with E-state index in [-0.39, 0.29) is 11.3 Å². The Kier molecular flexibility index (Phi) is 8.51. The molecule has 2 aromatic rings. The van der Waals surface area contributed by atoms with Gasteiger partial charge >= 0.3 is 5.97 Å². The number of carbonyl (C=O) groups is 1. The van der Waals surface area contributed by atoms with Crippen LogP contribution in [-0.2, 0) is 0 Å². The van der Waals surface area contributed by atoms with Gasteiger partial charge in [0.15, 0.2) is 0 Å². The van der Waals surface area contributed by atoms with Crippen LogP contribution in [0.3, 0.4) is 0 Å². The minimum Gasteiger partial charge on any atom is -0.507 e. The number of hydrogen-bond donors (Lipinski definition) is 2. The molecule has 0 aliphatic rings. The van der Waals surface area contributed by atoms with Crippen LogP contribution >= 0.6 is 0 Å². The van der Waals surface area contributed by atoms with Crippen LogP contribution < -0.4 is 0 Å². The molecule has 23 heavy (non-hydrogen) atoms. The number of aromatic carboxylic acids is 1. The van der Waals surface area contributed by atoms with Gasteiger partial charge < -0.3 is 10.2 Å². The number of aromatic hydroxyl groups is 1. The molecule has 3 nitrogen and oxygen atoms in total. The van der Waals surface area contributed by atoms with Gasteiger partial charge in [-0.05, 0) is 29.7 Å². The van der Waals surface area contributed by atoms with Crippen LogP contribution in [0.1, 0.15) is 55.8 Å². The fourth-order valence-corrected chi connectivity index (χ4v) is 2.38. The number of fused-ring (bicyclic) bond motifs is 1. The van der Waals surface area contributed by atoms with Crippen LogP contribution in [0.4, 0.5) is 0 Å². The van der Waals surface area contributed by atoms with Gasteiger partial charge in [0.2, 0.25) is 0 Å². The SMILES string of the molecule is C=CCCCCCCC.O=C(O)c1c(O)ccc2ccccc12. The van der Waals surface area contributed by atoms with Crippen molar-refractivity contribution in [3.05, 3.63) is 54.6 Å². The van der Waals surface area contributed by atoms with E-state index in [1.165, 1.54) is 44.6 Å². The van der Waals surface area contributed by atoms with Crippen molar-refractivity contribution < 1.29 is 15.0 Å². The van der Waals surface area contributed by atoms with E-state index >= 15 is 0 Å². The number of unbranched alkanes of at least 4 members (excludes halogenated alkanes) is 5. The summed E-state index contributed by atoms with van der Waals surface area (Å²) in [5.41, 5.74) is -0.0388. The molecular formula is C20H26O3. The molecule has 0 fully saturated rings. The molecule has 3 heteroatoms. The summed E-state index contributed by atoms with van der Waals surface area (Å²) in [6.45, 7) is 5.92. The molecule has 0 amide bonds. The summed E-state index contributed by atoms with van der Waals surface area (Å²) >= 11 is 0. The lowest BCUT2D eigenvalue weighted by molar-refractivity contribution is 0.0696. The van der Waals surface area contributed by atoms with Gasteiger partial charge in [0.1, 0.15) is 11.3 Å². The van der Waals surface area contributed by atoms with Crippen LogP contribution in [0, 0.1) is 0 Å². The van der Waals surface area contributed by atoms with Gasteiger partial charge in [-0.1, -0.05) is 69.0 Å². The van der Waals surface area contributed by atoms with E-state index in [4.69, 9.17) is 5.11 Å². The lowest BCUT2D eigenvalue weighted by atomic mass is 10.0. The highest BCUT2D eigenvalue weighted by Gasteiger charge is 2.12. The second-order valence-electron chi connectivity index (χ2n) is 5.48. The number of rotatable bonds is 7. The first kappa shape index (κ1) is 18.8. The molecule has 2 rings (SSSR count). The summed E-state index contributed by atoms with van der Waals surface area (Å²) in [7, 11) is 0. The Morgan fingerprint density at radius 3 is 2.43 bits per heavy atom. The zero-order valence-corrected chi connectivity index (χ0v) is 13.8. The molecule has 2 N–H and O–H groups in total. The van der Waals surface area contributed by atoms with Crippen molar-refractivity contribution in [2.75, 3.05) is 0 Å². The number of hydrogen-bond acceptors (Lipinski definition) is 2. The third kappa shape index (κ3) is 6.15. The number of carboxylic acid groups (broad SMARTS) is 1. The molecule has 0 aromatic heterocycles. The maximum Gasteiger partial charge on any atom is 0.340 e. The van der Waals surface area contributed by atoms with E-state index in [1.54, 1.807) is 24.3 Å². The van der Waals surface area contributed by atoms with Crippen LogP contribution in [0.15, 0.2) is 49.1 Å². The molecule has 0 radical (unpaired) electrons. The van der Waals surface area contributed by atoms with Crippen molar-refractivity contribution in [3.8, 4) is 5.75 Å². The molecular weight excluding hydrogens is 288 g/mol. The molecule has 0 bridgehead atoms. The summed E-state index contributed by atoms with van der Waals surface area (Å²) in [4.78, 5) is 10.9. The monoisotopic (exact) mass is 314 g/mol. The van der Waals surface area contributed by atoms with E-state index in [1.807, 2.05) is 12.1 Å². The average Bonchev–Trinajstić information content (AvgIpc) is 2.55. The predicted octanol–water partition coefficient (Wildman–Crippen LogP) is 5.78. The summed E-state index contributed by atoms with van der Waals surface area (Å²) < 4.78 is 0. The Hall–Kier alpha value is -2.29. The first-order valence-electron chi connectivity index (χ1n) is 8.16. The Morgan fingerprint density at radius 1 is 1.09 bits per heavy atom. The predicted molar refractivity (Wildman–Crippen MR) is 96.1 cm³/mol. The third-order valence-electron chi connectivity index (χ3n) is 3.63. The third-order valence-corrected chi connectivity index (χ3v) is 3.63. The maximum absolute atomic E-state index is 10.9. The number of benzene rings is 2. The second-order valence-corrected chi connectivity index (χ2v) is 5.48. The quantitative estimate of drug-likeness (QED) is 0.503. The molecule has 124 valence electrons. The lowest BCUT2D eigenvalue weighted by Gasteiger charge is -2.03. The Balaban J connectivity index is 0.000000257. The topological polar surface area (TPSA) is 57.5 Å². The van der Waals surface area contributed by atoms with Crippen LogP contribution in [0.5, 0.6) is 5.75 Å². The Labute approximate surface area is 138 Å². The van der Waals surface area contributed by atoms with Crippen molar-refractivity contribution in [2.24, 2.45) is 0 Å². The zero-order chi connectivity index (χ0) is 17.1. The normalized spacial score (nSPS) is 9.96. The highest BCUT2D eigenvalue weighted by molar-refractivity contribution is 6.06. The maximum atomic E-state index is 10.9. The van der Waals surface area contributed by atoms with Crippen LogP contribution in [0.2, 0.25) is 0 Å². The fraction of sp³-hybridized carbons (Fsp3) is 0.350. The van der Waals surface area contributed by atoms with Gasteiger partial charge in [-0.2, -0.15) is 0 Å². The van der Waals surface area contributed by atoms with E-state index in [0.717, 1.165) is 5.39 Å². The zero-order valence-electron chi connectivity index (χ0n) is 13.8. The van der Waals surface area contributed by atoms with Gasteiger partial charge in [-0.3, -0.25) is 0 Å². The Morgan fingerprint density at radius 2 is 1.78 bits per heavy atom. The lowest BCUT2D eigenvalue weighted by Crippen LogP contribution is -1.97. The summed E-state index contributed by atoms with van der Waals surface area (Å²) in [6, 6.07) is 10.1. The molecule has 0 saturated carbocycles. The first-order valence-corrected chi connectivity index (χ1v) is 8.16. The van der Waals surface area contributed by atoms with Gasteiger partial charge in [0.05, 0.1) is 0 Å². The largest absolute Gasteiger partial charge is 0.507 e. The minimum absolute atomic E-state index is 0.0388. The summed E-state index contributed by atoms with van der Waals surface area (Å²) in [5, 5.41) is 19.7. The van der Waals surface area contributed by atoms with Gasteiger partial charge in [-0.15, -0.1) is 6.58 Å². The standard InChI is InChI=1S/C11H8O3.C9H18/c12-9-6-5-7-3-1-2-4-8(7)10(9)11(13)14;1-3-5-7-9-8-6-4-2/h1-6,12H,(H,13,14);3H,1,4-9H2,2H3.